The lowest BCUT2D eigenvalue weighted by Gasteiger charge is -2.24. The molecule has 0 bridgehead atoms. The second-order valence-corrected chi connectivity index (χ2v) is 2.77. The lowest BCUT2D eigenvalue weighted by molar-refractivity contribution is -1.33. The van der Waals surface area contributed by atoms with Crippen LogP contribution in [-0.4, -0.2) is 29.4 Å². The standard InChI is InChI=1S/C11H14NO6/c1-5-9(13)16-12(8-4,17-10(14)6-2)18-11(15)7-3/h5-7H,1-3,8H2,4H3/q+1. The van der Waals surface area contributed by atoms with Gasteiger partial charge in [-0.3, -0.25) is 0 Å². The number of rotatable bonds is 7. The zero-order valence-corrected chi connectivity index (χ0v) is 9.96. The van der Waals surface area contributed by atoms with Crippen molar-refractivity contribution in [2.24, 2.45) is 0 Å². The quantitative estimate of drug-likeness (QED) is 0.380. The van der Waals surface area contributed by atoms with Crippen molar-refractivity contribution in [3.63, 3.8) is 0 Å². The second kappa shape index (κ2) is 7.02. The molecule has 0 atom stereocenters. The molecule has 0 saturated carbocycles. The molecule has 7 nitrogen and oxygen atoms in total. The number of hydrogen-bond acceptors (Lipinski definition) is 6. The monoisotopic (exact) mass is 256 g/mol. The summed E-state index contributed by atoms with van der Waals surface area (Å²) in [6, 6.07) is 0. The van der Waals surface area contributed by atoms with Crippen LogP contribution in [-0.2, 0) is 28.9 Å². The van der Waals surface area contributed by atoms with Crippen LogP contribution in [0.15, 0.2) is 38.0 Å². The van der Waals surface area contributed by atoms with Gasteiger partial charge in [-0.05, 0) is 6.92 Å². The van der Waals surface area contributed by atoms with Crippen LogP contribution in [0.3, 0.4) is 0 Å². The molecule has 18 heavy (non-hydrogen) atoms. The molecule has 0 spiro atoms. The fourth-order valence-electron chi connectivity index (χ4n) is 0.773. The molecule has 0 aliphatic rings. The normalized spacial score (nSPS) is 9.83. The van der Waals surface area contributed by atoms with Crippen molar-refractivity contribution in [2.45, 2.75) is 6.92 Å². The Bertz CT molecular complexity index is 332. The Morgan fingerprint density at radius 2 is 1.17 bits per heavy atom. The van der Waals surface area contributed by atoms with Crippen molar-refractivity contribution in [2.75, 3.05) is 6.54 Å². The van der Waals surface area contributed by atoms with Crippen LogP contribution in [0.25, 0.3) is 0 Å². The predicted octanol–water partition coefficient (Wildman–Crippen LogP) is 0.756. The third-order valence-corrected chi connectivity index (χ3v) is 1.57. The van der Waals surface area contributed by atoms with Gasteiger partial charge in [0.05, 0.1) is 0 Å². The first-order chi connectivity index (χ1) is 8.42. The Kier molecular flexibility index (Phi) is 6.08. The molecule has 0 unspecified atom stereocenters. The Hall–Kier alpha value is -2.41. The largest absolute Gasteiger partial charge is 0.401 e. The fraction of sp³-hybridized carbons (Fsp3) is 0.182. The molecule has 0 amide bonds. The van der Waals surface area contributed by atoms with E-state index in [1.165, 1.54) is 6.92 Å². The van der Waals surface area contributed by atoms with Crippen molar-refractivity contribution in [1.82, 2.24) is 0 Å². The summed E-state index contributed by atoms with van der Waals surface area (Å²) < 4.78 is 0. The van der Waals surface area contributed by atoms with E-state index in [9.17, 15) is 14.4 Å². The number of carbonyl (C=O) groups excluding carboxylic acids is 3. The van der Waals surface area contributed by atoms with Gasteiger partial charge in [0.1, 0.15) is 0 Å². The van der Waals surface area contributed by atoms with E-state index in [4.69, 9.17) is 0 Å². The molecule has 0 saturated heterocycles. The highest BCUT2D eigenvalue weighted by Crippen LogP contribution is 2.13. The summed E-state index contributed by atoms with van der Waals surface area (Å²) in [5, 5.41) is 0. The van der Waals surface area contributed by atoms with E-state index in [2.05, 4.69) is 34.2 Å². The van der Waals surface area contributed by atoms with E-state index < -0.39 is 22.9 Å². The van der Waals surface area contributed by atoms with Gasteiger partial charge in [0, 0.05) is 18.2 Å². The molecule has 7 heteroatoms. The summed E-state index contributed by atoms with van der Waals surface area (Å²) in [6.07, 6.45) is 2.48. The smallest absolute Gasteiger partial charge is 0.240 e. The van der Waals surface area contributed by atoms with Crippen LogP contribution >= 0.6 is 0 Å². The summed E-state index contributed by atoms with van der Waals surface area (Å²) in [7, 11) is 0. The molecule has 0 N–H and O–H groups in total. The van der Waals surface area contributed by atoms with Gasteiger partial charge in [-0.25, -0.2) is 14.4 Å². The van der Waals surface area contributed by atoms with Gasteiger partial charge in [0.15, 0.2) is 0 Å². The molecule has 0 radical (unpaired) electrons. The summed E-state index contributed by atoms with van der Waals surface area (Å²) in [6.45, 7) is 10.8. The van der Waals surface area contributed by atoms with Gasteiger partial charge in [-0.15, -0.1) is 0 Å². The number of carbonyl (C=O) groups is 3. The summed E-state index contributed by atoms with van der Waals surface area (Å²) in [5.41, 5.74) is 0. The first kappa shape index (κ1) is 15.6. The van der Waals surface area contributed by atoms with Crippen molar-refractivity contribution in [3.8, 4) is 0 Å². The van der Waals surface area contributed by atoms with E-state index in [-0.39, 0.29) is 6.54 Å². The Labute approximate surface area is 104 Å². The van der Waals surface area contributed by atoms with E-state index in [1.807, 2.05) is 0 Å². The first-order valence-electron chi connectivity index (χ1n) is 4.89. The van der Waals surface area contributed by atoms with E-state index in [0.29, 0.717) is 0 Å². The molecule has 0 heterocycles. The molecule has 0 aliphatic carbocycles. The maximum Gasteiger partial charge on any atom is 0.401 e. The Balaban J connectivity index is 5.15. The minimum Gasteiger partial charge on any atom is -0.240 e. The molecular weight excluding hydrogens is 242 g/mol. The average molecular weight is 256 g/mol. The zero-order chi connectivity index (χ0) is 14.2. The Morgan fingerprint density at radius 1 is 0.889 bits per heavy atom. The lowest BCUT2D eigenvalue weighted by atomic mass is 10.6. The van der Waals surface area contributed by atoms with Gasteiger partial charge in [0.25, 0.3) is 0 Å². The minimum atomic E-state index is -1.42. The van der Waals surface area contributed by atoms with Crippen molar-refractivity contribution < 1.29 is 33.9 Å². The SMILES string of the molecule is C=CC(=O)O[N+](CC)(OC(=O)C=C)OC(=O)C=C. The molecule has 0 aliphatic heterocycles. The van der Waals surface area contributed by atoms with Crippen LogP contribution in [0.1, 0.15) is 6.92 Å². The summed E-state index contributed by atoms with van der Waals surface area (Å²) >= 11 is 0. The highest BCUT2D eigenvalue weighted by Gasteiger charge is 2.41. The number of quaternary nitrogens is 1. The van der Waals surface area contributed by atoms with Crippen LogP contribution in [0, 0.1) is 0 Å². The third-order valence-electron chi connectivity index (χ3n) is 1.57. The minimum absolute atomic E-state index is 0.168. The highest BCUT2D eigenvalue weighted by atomic mass is 17.2. The molecule has 0 fully saturated rings. The molecule has 0 rings (SSSR count). The van der Waals surface area contributed by atoms with E-state index in [1.54, 1.807) is 0 Å². The van der Waals surface area contributed by atoms with Crippen LogP contribution in [0.4, 0.5) is 0 Å². The number of nitrogens with zero attached hydrogens (tertiary/aromatic N) is 1. The number of hydroxylamine groups is 3. The molecule has 0 aromatic carbocycles. The maximum atomic E-state index is 11.1. The first-order valence-corrected chi connectivity index (χ1v) is 4.89. The molecular formula is C11H14NO6+. The zero-order valence-electron chi connectivity index (χ0n) is 9.96. The van der Waals surface area contributed by atoms with Gasteiger partial charge in [0.2, 0.25) is 11.5 Å². The summed E-state index contributed by atoms with van der Waals surface area (Å²) in [5.74, 6) is -2.82. The number of hydrogen-bond donors (Lipinski definition) is 0. The van der Waals surface area contributed by atoms with Gasteiger partial charge >= 0.3 is 17.9 Å². The van der Waals surface area contributed by atoms with Gasteiger partial charge in [-0.1, -0.05) is 19.7 Å². The van der Waals surface area contributed by atoms with E-state index >= 15 is 0 Å². The van der Waals surface area contributed by atoms with Crippen molar-refractivity contribution in [1.29, 1.82) is 0 Å². The van der Waals surface area contributed by atoms with Crippen molar-refractivity contribution >= 4 is 17.9 Å². The third kappa shape index (κ3) is 4.62. The van der Waals surface area contributed by atoms with Crippen molar-refractivity contribution in [3.05, 3.63) is 38.0 Å². The molecule has 98 valence electrons. The molecule has 0 aromatic heterocycles. The van der Waals surface area contributed by atoms with Gasteiger partial charge < -0.3 is 0 Å². The molecule has 0 aromatic rings. The summed E-state index contributed by atoms with van der Waals surface area (Å²) in [4.78, 5) is 46.0. The average Bonchev–Trinajstić information content (AvgIpc) is 2.37. The van der Waals surface area contributed by atoms with Crippen LogP contribution < -0.4 is 0 Å². The predicted molar refractivity (Wildman–Crippen MR) is 59.7 cm³/mol. The van der Waals surface area contributed by atoms with Gasteiger partial charge in [-0.2, -0.15) is 14.5 Å². The second-order valence-electron chi connectivity index (χ2n) is 2.77. The highest BCUT2D eigenvalue weighted by molar-refractivity contribution is 5.82. The topological polar surface area (TPSA) is 78.9 Å². The lowest BCUT2D eigenvalue weighted by Crippen LogP contribution is -2.51. The Morgan fingerprint density at radius 3 is 1.33 bits per heavy atom. The maximum absolute atomic E-state index is 11.1. The van der Waals surface area contributed by atoms with E-state index in [0.717, 1.165) is 18.2 Å². The fourth-order valence-corrected chi connectivity index (χ4v) is 0.773. The van der Waals surface area contributed by atoms with Crippen LogP contribution in [0.2, 0.25) is 0 Å². The van der Waals surface area contributed by atoms with Crippen LogP contribution in [0.5, 0.6) is 0 Å².